The van der Waals surface area contributed by atoms with Crippen LogP contribution in [0.2, 0.25) is 0 Å². The number of rotatable bonds is 7. The summed E-state index contributed by atoms with van der Waals surface area (Å²) < 4.78 is 5.41. The fraction of sp³-hybridized carbons (Fsp3) is 0.682. The van der Waals surface area contributed by atoms with Crippen molar-refractivity contribution in [1.82, 2.24) is 20.4 Å². The molecule has 0 aromatic heterocycles. The summed E-state index contributed by atoms with van der Waals surface area (Å²) >= 11 is 0. The van der Waals surface area contributed by atoms with Gasteiger partial charge in [0.25, 0.3) is 0 Å². The molecule has 1 saturated heterocycles. The van der Waals surface area contributed by atoms with E-state index >= 15 is 0 Å². The average molecular weight is 515 g/mol. The molecule has 6 nitrogen and oxygen atoms in total. The SMILES string of the molecule is CN=C(NCCN1CCOCC1)NCC(C(C)C)N1CCc2ccccc2C1.I. The van der Waals surface area contributed by atoms with Gasteiger partial charge in [0.15, 0.2) is 5.96 Å². The van der Waals surface area contributed by atoms with Crippen LogP contribution in [0.25, 0.3) is 0 Å². The average Bonchev–Trinajstić information content (AvgIpc) is 2.73. The highest BCUT2D eigenvalue weighted by Gasteiger charge is 2.25. The van der Waals surface area contributed by atoms with Crippen LogP contribution in [0.15, 0.2) is 29.3 Å². The Bertz CT molecular complexity index is 633. The molecule has 0 aliphatic carbocycles. The van der Waals surface area contributed by atoms with E-state index in [1.165, 1.54) is 11.1 Å². The molecule has 0 radical (unpaired) electrons. The second-order valence-electron chi connectivity index (χ2n) is 8.13. The van der Waals surface area contributed by atoms with Crippen LogP contribution in [0, 0.1) is 5.92 Å². The lowest BCUT2D eigenvalue weighted by atomic mass is 9.95. The minimum Gasteiger partial charge on any atom is -0.379 e. The van der Waals surface area contributed by atoms with Gasteiger partial charge in [-0.2, -0.15) is 0 Å². The number of nitrogens with one attached hydrogen (secondary N) is 2. The van der Waals surface area contributed by atoms with Crippen molar-refractivity contribution in [2.45, 2.75) is 32.9 Å². The van der Waals surface area contributed by atoms with Gasteiger partial charge in [0.05, 0.1) is 13.2 Å². The maximum absolute atomic E-state index is 5.41. The molecule has 0 bridgehead atoms. The molecule has 1 atom stereocenters. The Balaban J connectivity index is 0.00000300. The summed E-state index contributed by atoms with van der Waals surface area (Å²) in [5.41, 5.74) is 2.99. The third-order valence-electron chi connectivity index (χ3n) is 5.93. The molecule has 1 unspecified atom stereocenters. The number of fused-ring (bicyclic) bond motifs is 1. The third kappa shape index (κ3) is 7.38. The van der Waals surface area contributed by atoms with Gasteiger partial charge >= 0.3 is 0 Å². The summed E-state index contributed by atoms with van der Waals surface area (Å²) in [6, 6.07) is 9.35. The number of nitrogens with zero attached hydrogens (tertiary/aromatic N) is 3. The molecular weight excluding hydrogens is 477 g/mol. The smallest absolute Gasteiger partial charge is 0.191 e. The van der Waals surface area contributed by atoms with E-state index in [1.54, 1.807) is 0 Å². The number of ether oxygens (including phenoxy) is 1. The van der Waals surface area contributed by atoms with E-state index in [0.717, 1.165) is 71.4 Å². The lowest BCUT2D eigenvalue weighted by molar-refractivity contribution is 0.0389. The van der Waals surface area contributed by atoms with Gasteiger partial charge in [-0.05, 0) is 23.5 Å². The fourth-order valence-electron chi connectivity index (χ4n) is 4.17. The molecule has 1 aromatic carbocycles. The van der Waals surface area contributed by atoms with Gasteiger partial charge in [-0.3, -0.25) is 14.8 Å². The van der Waals surface area contributed by atoms with Crippen molar-refractivity contribution in [3.05, 3.63) is 35.4 Å². The Labute approximate surface area is 193 Å². The summed E-state index contributed by atoms with van der Waals surface area (Å²) in [4.78, 5) is 9.48. The van der Waals surface area contributed by atoms with Crippen molar-refractivity contribution in [3.63, 3.8) is 0 Å². The minimum absolute atomic E-state index is 0. The van der Waals surface area contributed by atoms with Gasteiger partial charge in [-0.25, -0.2) is 0 Å². The van der Waals surface area contributed by atoms with Crippen molar-refractivity contribution in [2.24, 2.45) is 10.9 Å². The molecule has 2 N–H and O–H groups in total. The first-order chi connectivity index (χ1) is 13.7. The highest BCUT2D eigenvalue weighted by atomic mass is 127. The first-order valence-electron chi connectivity index (χ1n) is 10.7. The molecule has 3 rings (SSSR count). The van der Waals surface area contributed by atoms with Gasteiger partial charge in [0, 0.05) is 58.9 Å². The normalized spacial score (nSPS) is 19.4. The number of benzene rings is 1. The predicted molar refractivity (Wildman–Crippen MR) is 131 cm³/mol. The summed E-state index contributed by atoms with van der Waals surface area (Å²) in [5, 5.41) is 7.03. The quantitative estimate of drug-likeness (QED) is 0.332. The van der Waals surface area contributed by atoms with Crippen molar-refractivity contribution in [2.75, 3.05) is 59.5 Å². The number of hydrogen-bond donors (Lipinski definition) is 2. The van der Waals surface area contributed by atoms with E-state index in [4.69, 9.17) is 4.74 Å². The lowest BCUT2D eigenvalue weighted by Crippen LogP contribution is -2.51. The Morgan fingerprint density at radius 1 is 1.10 bits per heavy atom. The van der Waals surface area contributed by atoms with Gasteiger partial charge in [0.2, 0.25) is 0 Å². The van der Waals surface area contributed by atoms with Crippen LogP contribution in [-0.4, -0.2) is 81.3 Å². The summed E-state index contributed by atoms with van der Waals surface area (Å²) in [5.74, 6) is 1.49. The molecule has 2 aliphatic heterocycles. The van der Waals surface area contributed by atoms with Gasteiger partial charge in [-0.15, -0.1) is 24.0 Å². The van der Waals surface area contributed by atoms with E-state index in [0.29, 0.717) is 12.0 Å². The maximum Gasteiger partial charge on any atom is 0.191 e. The molecule has 0 saturated carbocycles. The van der Waals surface area contributed by atoms with Gasteiger partial charge in [-0.1, -0.05) is 38.1 Å². The Hall–Kier alpha value is -0.900. The van der Waals surface area contributed by atoms with Crippen LogP contribution in [0.1, 0.15) is 25.0 Å². The van der Waals surface area contributed by atoms with Crippen LogP contribution in [0.5, 0.6) is 0 Å². The van der Waals surface area contributed by atoms with E-state index in [2.05, 4.69) is 63.5 Å². The number of hydrogen-bond acceptors (Lipinski definition) is 4. The van der Waals surface area contributed by atoms with E-state index < -0.39 is 0 Å². The molecular formula is C22H38IN5O. The van der Waals surface area contributed by atoms with Crippen molar-refractivity contribution < 1.29 is 4.74 Å². The molecule has 0 spiro atoms. The maximum atomic E-state index is 5.41. The minimum atomic E-state index is 0. The third-order valence-corrected chi connectivity index (χ3v) is 5.93. The van der Waals surface area contributed by atoms with Crippen LogP contribution in [0.3, 0.4) is 0 Å². The highest BCUT2D eigenvalue weighted by molar-refractivity contribution is 14.0. The Morgan fingerprint density at radius 2 is 1.83 bits per heavy atom. The van der Waals surface area contributed by atoms with Crippen LogP contribution < -0.4 is 10.6 Å². The van der Waals surface area contributed by atoms with Crippen LogP contribution >= 0.6 is 24.0 Å². The van der Waals surface area contributed by atoms with Crippen molar-refractivity contribution in [3.8, 4) is 0 Å². The highest BCUT2D eigenvalue weighted by Crippen LogP contribution is 2.22. The second kappa shape index (κ2) is 12.7. The topological polar surface area (TPSA) is 52.1 Å². The summed E-state index contributed by atoms with van der Waals surface area (Å²) in [7, 11) is 1.85. The van der Waals surface area contributed by atoms with E-state index in [-0.39, 0.29) is 24.0 Å². The number of morpholine rings is 1. The van der Waals surface area contributed by atoms with E-state index in [1.807, 2.05) is 7.05 Å². The molecule has 0 amide bonds. The van der Waals surface area contributed by atoms with E-state index in [9.17, 15) is 0 Å². The first kappa shape index (κ1) is 24.4. The largest absolute Gasteiger partial charge is 0.379 e. The van der Waals surface area contributed by atoms with Crippen molar-refractivity contribution >= 4 is 29.9 Å². The molecule has 1 fully saturated rings. The Morgan fingerprint density at radius 3 is 2.52 bits per heavy atom. The standard InChI is InChI=1S/C22H37N5O.HI/c1-18(2)21(27-10-8-19-6-4-5-7-20(19)17-27)16-25-22(23-3)24-9-11-26-12-14-28-15-13-26;/h4-7,18,21H,8-17H2,1-3H3,(H2,23,24,25);1H. The van der Waals surface area contributed by atoms with Crippen LogP contribution in [0.4, 0.5) is 0 Å². The van der Waals surface area contributed by atoms with Gasteiger partial charge in [0.1, 0.15) is 0 Å². The fourth-order valence-corrected chi connectivity index (χ4v) is 4.17. The second-order valence-corrected chi connectivity index (χ2v) is 8.13. The first-order valence-corrected chi connectivity index (χ1v) is 10.7. The monoisotopic (exact) mass is 515 g/mol. The molecule has 2 heterocycles. The Kier molecular flexibility index (Phi) is 10.7. The van der Waals surface area contributed by atoms with Crippen LogP contribution in [-0.2, 0) is 17.7 Å². The molecule has 7 heteroatoms. The zero-order valence-corrected chi connectivity index (χ0v) is 20.5. The molecule has 1 aromatic rings. The molecule has 29 heavy (non-hydrogen) atoms. The number of halogens is 1. The predicted octanol–water partition coefficient (Wildman–Crippen LogP) is 2.18. The number of guanidine groups is 1. The summed E-state index contributed by atoms with van der Waals surface area (Å²) in [6.45, 7) is 13.4. The zero-order chi connectivity index (χ0) is 19.8. The molecule has 2 aliphatic rings. The number of aliphatic imine (C=N–C) groups is 1. The molecule has 164 valence electrons. The zero-order valence-electron chi connectivity index (χ0n) is 18.2. The summed E-state index contributed by atoms with van der Waals surface area (Å²) in [6.07, 6.45) is 1.14. The van der Waals surface area contributed by atoms with Gasteiger partial charge < -0.3 is 15.4 Å². The van der Waals surface area contributed by atoms with Crippen molar-refractivity contribution in [1.29, 1.82) is 0 Å². The lowest BCUT2D eigenvalue weighted by Gasteiger charge is -2.38.